The fourth-order valence-electron chi connectivity index (χ4n) is 3.20. The van der Waals surface area contributed by atoms with Gasteiger partial charge in [-0.1, -0.05) is 12.1 Å². The monoisotopic (exact) mass is 372 g/mol. The van der Waals surface area contributed by atoms with E-state index in [2.05, 4.69) is 20.5 Å². The molecule has 1 fully saturated rings. The van der Waals surface area contributed by atoms with Crippen molar-refractivity contribution in [2.75, 3.05) is 26.8 Å². The van der Waals surface area contributed by atoms with Gasteiger partial charge in [0.25, 0.3) is 0 Å². The highest BCUT2D eigenvalue weighted by atomic mass is 16.6. The van der Waals surface area contributed by atoms with Gasteiger partial charge in [-0.15, -0.1) is 0 Å². The summed E-state index contributed by atoms with van der Waals surface area (Å²) < 4.78 is 11.7. The molecule has 1 aromatic heterocycles. The Kier molecular flexibility index (Phi) is 6.08. The highest BCUT2D eigenvalue weighted by molar-refractivity contribution is 5.80. The normalized spacial score (nSPS) is 18.9. The van der Waals surface area contributed by atoms with Gasteiger partial charge in [0, 0.05) is 38.8 Å². The van der Waals surface area contributed by atoms with Crippen LogP contribution in [0.25, 0.3) is 0 Å². The van der Waals surface area contributed by atoms with E-state index in [9.17, 15) is 9.59 Å². The maximum Gasteiger partial charge on any atom is 0.343 e. The number of nitrogens with zero attached hydrogens (tertiary/aromatic N) is 2. The highest BCUT2D eigenvalue weighted by Crippen LogP contribution is 2.28. The molecule has 1 aromatic carbocycles. The quantitative estimate of drug-likeness (QED) is 0.691. The van der Waals surface area contributed by atoms with Crippen LogP contribution in [-0.4, -0.2) is 48.5 Å². The van der Waals surface area contributed by atoms with E-state index in [-0.39, 0.29) is 24.3 Å². The zero-order valence-electron chi connectivity index (χ0n) is 15.5. The van der Waals surface area contributed by atoms with Crippen molar-refractivity contribution in [1.29, 1.82) is 0 Å². The van der Waals surface area contributed by atoms with Crippen LogP contribution in [0.4, 0.5) is 0 Å². The third-order valence-electron chi connectivity index (χ3n) is 4.65. The van der Waals surface area contributed by atoms with E-state index in [0.717, 1.165) is 17.7 Å². The first kappa shape index (κ1) is 18.9. The maximum absolute atomic E-state index is 12.7. The van der Waals surface area contributed by atoms with Gasteiger partial charge in [0.2, 0.25) is 5.91 Å². The highest BCUT2D eigenvalue weighted by Gasteiger charge is 2.34. The van der Waals surface area contributed by atoms with Crippen LogP contribution in [0.15, 0.2) is 36.7 Å². The summed E-state index contributed by atoms with van der Waals surface area (Å²) in [5, 5.41) is 10.5. The summed E-state index contributed by atoms with van der Waals surface area (Å²) in [6, 6.07) is 7.28. The Balaban J connectivity index is 1.56. The second-order valence-corrected chi connectivity index (χ2v) is 6.55. The average molecular weight is 372 g/mol. The summed E-state index contributed by atoms with van der Waals surface area (Å²) >= 11 is 0. The maximum atomic E-state index is 12.7. The summed E-state index contributed by atoms with van der Waals surface area (Å²) in [5.41, 5.74) is 1.97. The molecule has 0 unspecified atom stereocenters. The largest absolute Gasteiger partial charge is 0.482 e. The zero-order chi connectivity index (χ0) is 19.2. The van der Waals surface area contributed by atoms with Gasteiger partial charge in [-0.05, 0) is 23.3 Å². The fourth-order valence-corrected chi connectivity index (χ4v) is 3.20. The third-order valence-corrected chi connectivity index (χ3v) is 4.65. The molecule has 1 saturated heterocycles. The van der Waals surface area contributed by atoms with E-state index in [1.165, 1.54) is 7.11 Å². The summed E-state index contributed by atoms with van der Waals surface area (Å²) in [7, 11) is 3.19. The van der Waals surface area contributed by atoms with Crippen molar-refractivity contribution >= 4 is 11.9 Å². The number of esters is 1. The Hall–Kier alpha value is -2.87. The molecule has 8 heteroatoms. The number of ether oxygens (including phenoxy) is 2. The Morgan fingerprint density at radius 3 is 2.96 bits per heavy atom. The summed E-state index contributed by atoms with van der Waals surface area (Å²) in [6.45, 7) is 1.66. The fraction of sp³-hybridized carbons (Fsp3) is 0.421. The van der Waals surface area contributed by atoms with Crippen molar-refractivity contribution in [2.24, 2.45) is 13.0 Å². The van der Waals surface area contributed by atoms with E-state index in [1.54, 1.807) is 16.8 Å². The molecule has 1 aliphatic rings. The van der Waals surface area contributed by atoms with Crippen molar-refractivity contribution in [1.82, 2.24) is 20.4 Å². The number of nitrogens with one attached hydrogen (secondary N) is 2. The molecule has 144 valence electrons. The SMILES string of the molecule is COC(=O)COc1cccc(CNC(=O)[C@H]2CNC[C@@H]2c2cnn(C)c2)c1. The number of methoxy groups -OCH3 is 1. The van der Waals surface area contributed by atoms with Crippen molar-refractivity contribution in [3.05, 3.63) is 47.8 Å². The minimum absolute atomic E-state index is 0.00901. The van der Waals surface area contributed by atoms with Crippen LogP contribution in [0.3, 0.4) is 0 Å². The van der Waals surface area contributed by atoms with Gasteiger partial charge in [-0.3, -0.25) is 9.48 Å². The topological polar surface area (TPSA) is 94.5 Å². The molecular weight excluding hydrogens is 348 g/mol. The van der Waals surface area contributed by atoms with Crippen molar-refractivity contribution < 1.29 is 19.1 Å². The lowest BCUT2D eigenvalue weighted by Crippen LogP contribution is -2.33. The molecule has 0 bridgehead atoms. The van der Waals surface area contributed by atoms with Crippen LogP contribution in [0.2, 0.25) is 0 Å². The molecule has 0 aliphatic carbocycles. The number of rotatable bonds is 7. The molecule has 27 heavy (non-hydrogen) atoms. The van der Waals surface area contributed by atoms with Crippen LogP contribution >= 0.6 is 0 Å². The number of hydrogen-bond acceptors (Lipinski definition) is 6. The number of hydrogen-bond donors (Lipinski definition) is 2. The molecular formula is C19H24N4O4. The summed E-state index contributed by atoms with van der Waals surface area (Å²) in [4.78, 5) is 23.8. The smallest absolute Gasteiger partial charge is 0.343 e. The minimum Gasteiger partial charge on any atom is -0.482 e. The van der Waals surface area contributed by atoms with Crippen molar-refractivity contribution in [2.45, 2.75) is 12.5 Å². The molecule has 2 atom stereocenters. The van der Waals surface area contributed by atoms with Gasteiger partial charge in [0.05, 0.1) is 19.2 Å². The number of benzene rings is 1. The van der Waals surface area contributed by atoms with Crippen LogP contribution in [0.1, 0.15) is 17.0 Å². The molecule has 2 heterocycles. The van der Waals surface area contributed by atoms with Gasteiger partial charge >= 0.3 is 5.97 Å². The second-order valence-electron chi connectivity index (χ2n) is 6.55. The first-order valence-electron chi connectivity index (χ1n) is 8.82. The molecule has 0 saturated carbocycles. The van der Waals surface area contributed by atoms with Gasteiger partial charge < -0.3 is 20.1 Å². The Morgan fingerprint density at radius 1 is 1.37 bits per heavy atom. The molecule has 0 spiro atoms. The molecule has 1 aliphatic heterocycles. The summed E-state index contributed by atoms with van der Waals surface area (Å²) in [6.07, 6.45) is 3.78. The zero-order valence-corrected chi connectivity index (χ0v) is 15.5. The van der Waals surface area contributed by atoms with E-state index < -0.39 is 5.97 Å². The summed E-state index contributed by atoms with van der Waals surface area (Å²) in [5.74, 6) is 0.114. The van der Waals surface area contributed by atoms with Crippen LogP contribution in [0, 0.1) is 5.92 Å². The van der Waals surface area contributed by atoms with Gasteiger partial charge in [0.15, 0.2) is 6.61 Å². The van der Waals surface area contributed by atoms with Crippen molar-refractivity contribution in [3.63, 3.8) is 0 Å². The predicted octanol–water partition coefficient (Wildman–Crippen LogP) is 0.591. The Labute approximate surface area is 157 Å². The lowest BCUT2D eigenvalue weighted by molar-refractivity contribution is -0.142. The lowest BCUT2D eigenvalue weighted by Gasteiger charge is -2.17. The molecule has 0 radical (unpaired) electrons. The number of aromatic nitrogens is 2. The molecule has 1 amide bonds. The number of carbonyl (C=O) groups is 2. The van der Waals surface area contributed by atoms with Crippen LogP contribution in [-0.2, 0) is 27.9 Å². The van der Waals surface area contributed by atoms with E-state index in [0.29, 0.717) is 18.8 Å². The lowest BCUT2D eigenvalue weighted by atomic mass is 9.90. The number of carbonyl (C=O) groups excluding carboxylic acids is 2. The van der Waals surface area contributed by atoms with E-state index in [1.807, 2.05) is 31.6 Å². The molecule has 2 N–H and O–H groups in total. The van der Waals surface area contributed by atoms with Crippen LogP contribution in [0.5, 0.6) is 5.75 Å². The van der Waals surface area contributed by atoms with Crippen molar-refractivity contribution in [3.8, 4) is 5.75 Å². The number of amides is 1. The van der Waals surface area contributed by atoms with E-state index >= 15 is 0 Å². The minimum atomic E-state index is -0.441. The third kappa shape index (κ3) is 4.85. The molecule has 8 nitrogen and oxygen atoms in total. The number of aryl methyl sites for hydroxylation is 1. The van der Waals surface area contributed by atoms with Gasteiger partial charge in [-0.2, -0.15) is 5.10 Å². The van der Waals surface area contributed by atoms with Gasteiger partial charge in [0.1, 0.15) is 5.75 Å². The predicted molar refractivity (Wildman–Crippen MR) is 98.1 cm³/mol. The van der Waals surface area contributed by atoms with E-state index in [4.69, 9.17) is 4.74 Å². The standard InChI is InChI=1S/C19H24N4O4/c1-23-11-14(8-22-23)16-9-20-10-17(16)19(25)21-7-13-4-3-5-15(6-13)27-12-18(24)26-2/h3-6,8,11,16-17,20H,7,9-10,12H2,1-2H3,(H,21,25)/t16-,17+/m1/s1. The first-order chi connectivity index (χ1) is 13.1. The Bertz CT molecular complexity index is 805. The van der Waals surface area contributed by atoms with Crippen LogP contribution < -0.4 is 15.4 Å². The molecule has 3 rings (SSSR count). The second kappa shape index (κ2) is 8.68. The molecule has 2 aromatic rings. The Morgan fingerprint density at radius 2 is 2.22 bits per heavy atom. The average Bonchev–Trinajstić information content (AvgIpc) is 3.33. The van der Waals surface area contributed by atoms with Gasteiger partial charge in [-0.25, -0.2) is 4.79 Å². The first-order valence-corrected chi connectivity index (χ1v) is 8.82.